The first-order chi connectivity index (χ1) is 15.4. The van der Waals surface area contributed by atoms with E-state index in [1.165, 1.54) is 0 Å². The number of aryl methyl sites for hydroxylation is 2. The maximum Gasteiger partial charge on any atom is 0.253 e. The summed E-state index contributed by atoms with van der Waals surface area (Å²) in [5.74, 6) is 0.120. The first-order valence-electron chi connectivity index (χ1n) is 10.3. The van der Waals surface area contributed by atoms with Gasteiger partial charge in [0.25, 0.3) is 5.91 Å². The number of anilines is 1. The fourth-order valence-electron chi connectivity index (χ4n) is 3.62. The van der Waals surface area contributed by atoms with Gasteiger partial charge in [0, 0.05) is 5.69 Å². The zero-order chi connectivity index (χ0) is 22.7. The van der Waals surface area contributed by atoms with E-state index >= 15 is 0 Å². The molecule has 32 heavy (non-hydrogen) atoms. The van der Waals surface area contributed by atoms with Crippen LogP contribution in [0.3, 0.4) is 0 Å². The van der Waals surface area contributed by atoms with Crippen molar-refractivity contribution >= 4 is 40.1 Å². The molecule has 1 aromatic heterocycles. The number of hydrogen-bond donors (Lipinski definition) is 2. The van der Waals surface area contributed by atoms with Gasteiger partial charge in [0.2, 0.25) is 5.91 Å². The van der Waals surface area contributed by atoms with Crippen molar-refractivity contribution in [3.63, 3.8) is 0 Å². The van der Waals surface area contributed by atoms with Gasteiger partial charge >= 0.3 is 0 Å². The molecule has 0 aliphatic heterocycles. The smallest absolute Gasteiger partial charge is 0.253 e. The minimum Gasteiger partial charge on any atom is -0.345 e. The Morgan fingerprint density at radius 3 is 2.53 bits per heavy atom. The number of imidazole rings is 1. The first kappa shape index (κ1) is 21.6. The molecule has 4 aromatic rings. The van der Waals surface area contributed by atoms with Crippen molar-refractivity contribution in [3.05, 3.63) is 94.3 Å². The topological polar surface area (TPSA) is 76.0 Å². The summed E-state index contributed by atoms with van der Waals surface area (Å²) in [5, 5.41) is 6.21. The van der Waals surface area contributed by atoms with E-state index in [0.29, 0.717) is 16.4 Å². The molecular weight excluding hydrogens is 424 g/mol. The predicted octanol–water partition coefficient (Wildman–Crippen LogP) is 4.88. The lowest BCUT2D eigenvalue weighted by Gasteiger charge is -2.13. The van der Waals surface area contributed by atoms with Crippen molar-refractivity contribution in [1.82, 2.24) is 14.9 Å². The number of carbonyl (C=O) groups excluding carboxylic acids is 2. The van der Waals surface area contributed by atoms with Gasteiger partial charge in [-0.05, 0) is 49.7 Å². The number of amides is 2. The third-order valence-electron chi connectivity index (χ3n) is 5.22. The Hall–Kier alpha value is -3.64. The molecule has 0 spiro atoms. The summed E-state index contributed by atoms with van der Waals surface area (Å²) in [6.45, 7) is 4.21. The average molecular weight is 447 g/mol. The molecule has 7 heteroatoms. The van der Waals surface area contributed by atoms with Crippen molar-refractivity contribution in [2.24, 2.45) is 0 Å². The number of halogens is 1. The van der Waals surface area contributed by atoms with Gasteiger partial charge in [-0.1, -0.05) is 53.6 Å². The van der Waals surface area contributed by atoms with E-state index in [4.69, 9.17) is 11.6 Å². The zero-order valence-electron chi connectivity index (χ0n) is 17.9. The number of aromatic nitrogens is 2. The molecule has 0 atom stereocenters. The van der Waals surface area contributed by atoms with Crippen LogP contribution >= 0.6 is 11.6 Å². The van der Waals surface area contributed by atoms with Gasteiger partial charge < -0.3 is 15.2 Å². The second-order valence-corrected chi connectivity index (χ2v) is 8.04. The Kier molecular flexibility index (Phi) is 6.23. The zero-order valence-corrected chi connectivity index (χ0v) is 18.6. The molecule has 162 valence electrons. The van der Waals surface area contributed by atoms with Gasteiger partial charge in [-0.2, -0.15) is 0 Å². The van der Waals surface area contributed by atoms with Crippen molar-refractivity contribution in [2.75, 3.05) is 5.32 Å². The number of nitrogens with one attached hydrogen (secondary N) is 2. The van der Waals surface area contributed by atoms with Crippen LogP contribution in [-0.2, 0) is 17.9 Å². The van der Waals surface area contributed by atoms with Crippen LogP contribution in [0.2, 0.25) is 5.02 Å². The van der Waals surface area contributed by atoms with Gasteiger partial charge in [0.1, 0.15) is 12.4 Å². The normalized spacial score (nSPS) is 10.8. The highest BCUT2D eigenvalue weighted by Gasteiger charge is 2.16. The number of hydrogen-bond acceptors (Lipinski definition) is 3. The highest BCUT2D eigenvalue weighted by Crippen LogP contribution is 2.19. The van der Waals surface area contributed by atoms with Gasteiger partial charge in [-0.3, -0.25) is 9.59 Å². The Labute approximate surface area is 191 Å². The fraction of sp³-hybridized carbons (Fsp3) is 0.160. The van der Waals surface area contributed by atoms with Crippen LogP contribution in [0, 0.1) is 13.8 Å². The molecule has 2 N–H and O–H groups in total. The monoisotopic (exact) mass is 446 g/mol. The van der Waals surface area contributed by atoms with E-state index in [2.05, 4.69) is 15.6 Å². The van der Waals surface area contributed by atoms with Crippen LogP contribution in [0.25, 0.3) is 11.0 Å². The Morgan fingerprint density at radius 1 is 1.00 bits per heavy atom. The van der Waals surface area contributed by atoms with Crippen LogP contribution in [0.15, 0.2) is 66.7 Å². The van der Waals surface area contributed by atoms with Crippen LogP contribution in [0.4, 0.5) is 5.69 Å². The summed E-state index contributed by atoms with van der Waals surface area (Å²) >= 11 is 6.13. The number of carbonyl (C=O) groups is 2. The molecule has 3 aromatic carbocycles. The van der Waals surface area contributed by atoms with E-state index in [0.717, 1.165) is 27.8 Å². The van der Waals surface area contributed by atoms with Crippen LogP contribution in [0.5, 0.6) is 0 Å². The summed E-state index contributed by atoms with van der Waals surface area (Å²) in [6.07, 6.45) is 0. The number of fused-ring (bicyclic) bond motifs is 1. The van der Waals surface area contributed by atoms with Crippen LogP contribution in [0.1, 0.15) is 27.3 Å². The lowest BCUT2D eigenvalue weighted by Crippen LogP contribution is -2.27. The molecule has 0 saturated carbocycles. The largest absolute Gasteiger partial charge is 0.345 e. The molecule has 4 rings (SSSR count). The fourth-order valence-corrected chi connectivity index (χ4v) is 3.85. The SMILES string of the molecule is Cc1ccc(NC(=O)Cn2c(CNC(=O)c3ccccc3Cl)nc3ccccc32)c(C)c1. The minimum atomic E-state index is -0.297. The number of benzene rings is 3. The maximum atomic E-state index is 12.9. The van der Waals surface area contributed by atoms with Gasteiger partial charge in [0.05, 0.1) is 28.2 Å². The molecule has 0 aliphatic rings. The van der Waals surface area contributed by atoms with Crippen molar-refractivity contribution in [1.29, 1.82) is 0 Å². The molecule has 0 radical (unpaired) electrons. The van der Waals surface area contributed by atoms with E-state index < -0.39 is 0 Å². The van der Waals surface area contributed by atoms with E-state index in [9.17, 15) is 9.59 Å². The second kappa shape index (κ2) is 9.24. The van der Waals surface area contributed by atoms with Crippen molar-refractivity contribution in [3.8, 4) is 0 Å². The average Bonchev–Trinajstić information content (AvgIpc) is 3.11. The molecule has 0 saturated heterocycles. The molecule has 0 unspecified atom stereocenters. The molecule has 2 amide bonds. The second-order valence-electron chi connectivity index (χ2n) is 7.63. The van der Waals surface area contributed by atoms with Crippen LogP contribution in [-0.4, -0.2) is 21.4 Å². The maximum absolute atomic E-state index is 12.9. The summed E-state index contributed by atoms with van der Waals surface area (Å²) in [5.41, 5.74) is 4.89. The molecule has 0 bridgehead atoms. The molecule has 0 fully saturated rings. The standard InChI is InChI=1S/C25H23ClN4O2/c1-16-11-12-20(17(2)13-16)29-24(31)15-30-22-10-6-5-9-21(22)28-23(30)14-27-25(32)18-7-3-4-8-19(18)26/h3-13H,14-15H2,1-2H3,(H,27,32)(H,29,31). The summed E-state index contributed by atoms with van der Waals surface area (Å²) in [7, 11) is 0. The molecular formula is C25H23ClN4O2. The van der Waals surface area contributed by atoms with Gasteiger partial charge in [0.15, 0.2) is 0 Å². The third kappa shape index (κ3) is 4.65. The minimum absolute atomic E-state index is 0.0745. The number of rotatable bonds is 6. The Balaban J connectivity index is 1.55. The molecule has 1 heterocycles. The molecule has 0 aliphatic carbocycles. The number of nitrogens with zero attached hydrogens (tertiary/aromatic N) is 2. The Bertz CT molecular complexity index is 1310. The van der Waals surface area contributed by atoms with Crippen LogP contribution < -0.4 is 10.6 Å². The Morgan fingerprint density at radius 2 is 1.75 bits per heavy atom. The quantitative estimate of drug-likeness (QED) is 0.443. The van der Waals surface area contributed by atoms with Crippen molar-refractivity contribution in [2.45, 2.75) is 26.9 Å². The lowest BCUT2D eigenvalue weighted by atomic mass is 10.1. The highest BCUT2D eigenvalue weighted by molar-refractivity contribution is 6.33. The highest BCUT2D eigenvalue weighted by atomic mass is 35.5. The number of para-hydroxylation sites is 2. The van der Waals surface area contributed by atoms with Crippen molar-refractivity contribution < 1.29 is 9.59 Å². The van der Waals surface area contributed by atoms with Gasteiger partial charge in [-0.15, -0.1) is 0 Å². The first-order valence-corrected chi connectivity index (χ1v) is 10.6. The summed E-state index contributed by atoms with van der Waals surface area (Å²) < 4.78 is 1.82. The van der Waals surface area contributed by atoms with Gasteiger partial charge in [-0.25, -0.2) is 4.98 Å². The van der Waals surface area contributed by atoms with E-state index in [1.807, 2.05) is 60.9 Å². The lowest BCUT2D eigenvalue weighted by molar-refractivity contribution is -0.116. The predicted molar refractivity (Wildman–Crippen MR) is 127 cm³/mol. The molecule has 6 nitrogen and oxygen atoms in total. The summed E-state index contributed by atoms with van der Waals surface area (Å²) in [4.78, 5) is 30.1. The third-order valence-corrected chi connectivity index (χ3v) is 5.55. The van der Waals surface area contributed by atoms with E-state index in [1.54, 1.807) is 24.3 Å². The summed E-state index contributed by atoms with van der Waals surface area (Å²) in [6, 6.07) is 20.3. The van der Waals surface area contributed by atoms with E-state index in [-0.39, 0.29) is 24.9 Å².